The highest BCUT2D eigenvalue weighted by molar-refractivity contribution is 5.92. The number of aliphatic hydroxyl groups excluding tert-OH is 1. The van der Waals surface area contributed by atoms with Crippen LogP contribution in [0.5, 0.6) is 11.5 Å². The van der Waals surface area contributed by atoms with Crippen molar-refractivity contribution >= 4 is 16.7 Å². The molecule has 130 valence electrons. The van der Waals surface area contributed by atoms with Crippen molar-refractivity contribution in [1.29, 1.82) is 0 Å². The number of hydrogen-bond acceptors (Lipinski definition) is 6. The molecule has 1 aromatic carbocycles. The molecule has 6 nitrogen and oxygen atoms in total. The smallest absolute Gasteiger partial charge is 0.162 e. The van der Waals surface area contributed by atoms with Gasteiger partial charge in [-0.25, -0.2) is 9.97 Å². The molecule has 1 fully saturated rings. The Labute approximate surface area is 142 Å². The van der Waals surface area contributed by atoms with Crippen LogP contribution in [0.3, 0.4) is 0 Å². The number of rotatable bonds is 5. The van der Waals surface area contributed by atoms with Gasteiger partial charge < -0.3 is 19.5 Å². The van der Waals surface area contributed by atoms with Crippen LogP contribution in [-0.4, -0.2) is 49.0 Å². The lowest BCUT2D eigenvalue weighted by Crippen LogP contribution is -2.36. The monoisotopic (exact) mass is 331 g/mol. The molecule has 3 rings (SSSR count). The predicted molar refractivity (Wildman–Crippen MR) is 93.8 cm³/mol. The number of nitrogens with zero attached hydrogens (tertiary/aromatic N) is 3. The molecule has 1 saturated heterocycles. The van der Waals surface area contributed by atoms with Crippen LogP contribution in [0.25, 0.3) is 10.9 Å². The fourth-order valence-electron chi connectivity index (χ4n) is 3.45. The first-order valence-electron chi connectivity index (χ1n) is 8.40. The molecule has 1 N–H and O–H groups in total. The van der Waals surface area contributed by atoms with Crippen LogP contribution in [0.4, 0.5) is 5.82 Å². The summed E-state index contributed by atoms with van der Waals surface area (Å²) >= 11 is 0. The highest BCUT2D eigenvalue weighted by atomic mass is 16.5. The second kappa shape index (κ2) is 7.21. The van der Waals surface area contributed by atoms with Gasteiger partial charge in [-0.3, -0.25) is 0 Å². The van der Waals surface area contributed by atoms with E-state index in [1.165, 1.54) is 0 Å². The number of methoxy groups -OCH3 is 2. The minimum atomic E-state index is 0.262. The molecule has 1 unspecified atom stereocenters. The van der Waals surface area contributed by atoms with Gasteiger partial charge in [0.15, 0.2) is 11.5 Å². The van der Waals surface area contributed by atoms with Crippen LogP contribution in [-0.2, 0) is 0 Å². The van der Waals surface area contributed by atoms with Gasteiger partial charge in [0.05, 0.1) is 19.7 Å². The third kappa shape index (κ3) is 3.11. The van der Waals surface area contributed by atoms with Gasteiger partial charge in [0.1, 0.15) is 12.1 Å². The number of aliphatic hydroxyl groups is 1. The Balaban J connectivity index is 1.90. The maximum atomic E-state index is 9.36. The van der Waals surface area contributed by atoms with E-state index in [4.69, 9.17) is 9.47 Å². The van der Waals surface area contributed by atoms with E-state index >= 15 is 0 Å². The van der Waals surface area contributed by atoms with Crippen molar-refractivity contribution in [2.45, 2.75) is 19.8 Å². The molecule has 2 aromatic rings. The second-order valence-corrected chi connectivity index (χ2v) is 6.41. The van der Waals surface area contributed by atoms with E-state index < -0.39 is 0 Å². The van der Waals surface area contributed by atoms with Gasteiger partial charge in [-0.05, 0) is 30.7 Å². The third-order valence-corrected chi connectivity index (χ3v) is 5.05. The summed E-state index contributed by atoms with van der Waals surface area (Å²) in [6, 6.07) is 3.84. The summed E-state index contributed by atoms with van der Waals surface area (Å²) in [5, 5.41) is 10.3. The molecule has 1 aromatic heterocycles. The Hall–Kier alpha value is -2.08. The Morgan fingerprint density at radius 2 is 1.83 bits per heavy atom. The van der Waals surface area contributed by atoms with Crippen molar-refractivity contribution in [3.05, 3.63) is 18.5 Å². The number of aromatic nitrogens is 2. The molecule has 0 radical (unpaired) electrons. The van der Waals surface area contributed by atoms with E-state index in [1.807, 2.05) is 12.1 Å². The average molecular weight is 331 g/mol. The molecule has 0 amide bonds. The predicted octanol–water partition coefficient (Wildman–Crippen LogP) is 2.49. The Bertz CT molecular complexity index is 699. The van der Waals surface area contributed by atoms with Crippen LogP contribution in [0.15, 0.2) is 18.5 Å². The van der Waals surface area contributed by atoms with Crippen molar-refractivity contribution in [3.8, 4) is 11.5 Å². The minimum Gasteiger partial charge on any atom is -0.493 e. The summed E-state index contributed by atoms with van der Waals surface area (Å²) in [5.41, 5.74) is 0.850. The summed E-state index contributed by atoms with van der Waals surface area (Å²) in [4.78, 5) is 11.2. The normalized spacial score (nSPS) is 17.1. The Kier molecular flexibility index (Phi) is 5.04. The fourth-order valence-corrected chi connectivity index (χ4v) is 3.45. The highest BCUT2D eigenvalue weighted by Gasteiger charge is 2.25. The van der Waals surface area contributed by atoms with Gasteiger partial charge >= 0.3 is 0 Å². The maximum Gasteiger partial charge on any atom is 0.162 e. The molecule has 0 saturated carbocycles. The Morgan fingerprint density at radius 1 is 1.17 bits per heavy atom. The molecule has 2 heterocycles. The van der Waals surface area contributed by atoms with E-state index in [0.29, 0.717) is 23.3 Å². The van der Waals surface area contributed by atoms with Crippen molar-refractivity contribution in [2.24, 2.45) is 11.8 Å². The average Bonchev–Trinajstić information content (AvgIpc) is 2.65. The zero-order chi connectivity index (χ0) is 17.1. The maximum absolute atomic E-state index is 9.36. The number of anilines is 1. The zero-order valence-electron chi connectivity index (χ0n) is 14.5. The second-order valence-electron chi connectivity index (χ2n) is 6.41. The lowest BCUT2D eigenvalue weighted by Gasteiger charge is -2.35. The van der Waals surface area contributed by atoms with Crippen molar-refractivity contribution in [2.75, 3.05) is 38.8 Å². The number of ether oxygens (including phenoxy) is 2. The van der Waals surface area contributed by atoms with E-state index in [1.54, 1.807) is 20.5 Å². The SMILES string of the molecule is COc1cc2ncnc(N3CCC(C(C)CO)CC3)c2cc1OC. The molecule has 0 aliphatic carbocycles. The minimum absolute atomic E-state index is 0.262. The lowest BCUT2D eigenvalue weighted by molar-refractivity contribution is 0.170. The van der Waals surface area contributed by atoms with Crippen LogP contribution < -0.4 is 14.4 Å². The summed E-state index contributed by atoms with van der Waals surface area (Å²) in [7, 11) is 3.26. The molecule has 24 heavy (non-hydrogen) atoms. The molecule has 0 spiro atoms. The number of hydrogen-bond donors (Lipinski definition) is 1. The van der Waals surface area contributed by atoms with Crippen LogP contribution >= 0.6 is 0 Å². The van der Waals surface area contributed by atoms with Crippen molar-refractivity contribution in [3.63, 3.8) is 0 Å². The van der Waals surface area contributed by atoms with Gasteiger partial charge in [0.2, 0.25) is 0 Å². The van der Waals surface area contributed by atoms with Gasteiger partial charge in [0, 0.05) is 31.1 Å². The molecule has 0 bridgehead atoms. The largest absolute Gasteiger partial charge is 0.493 e. The van der Waals surface area contributed by atoms with Gasteiger partial charge in [-0.2, -0.15) is 0 Å². The van der Waals surface area contributed by atoms with E-state index in [-0.39, 0.29) is 6.61 Å². The summed E-state index contributed by atoms with van der Waals surface area (Å²) in [6.45, 7) is 4.26. The third-order valence-electron chi connectivity index (χ3n) is 5.05. The van der Waals surface area contributed by atoms with Crippen LogP contribution in [0.2, 0.25) is 0 Å². The molecular formula is C18H25N3O3. The van der Waals surface area contributed by atoms with Crippen molar-refractivity contribution in [1.82, 2.24) is 9.97 Å². The van der Waals surface area contributed by atoms with E-state index in [0.717, 1.165) is 42.7 Å². The van der Waals surface area contributed by atoms with Crippen molar-refractivity contribution < 1.29 is 14.6 Å². The van der Waals surface area contributed by atoms with Crippen LogP contribution in [0, 0.1) is 11.8 Å². The summed E-state index contributed by atoms with van der Waals surface area (Å²) in [5.74, 6) is 3.23. The first-order chi connectivity index (χ1) is 11.7. The Morgan fingerprint density at radius 3 is 2.46 bits per heavy atom. The van der Waals surface area contributed by atoms with E-state index in [9.17, 15) is 5.11 Å². The summed E-state index contributed by atoms with van der Waals surface area (Å²) < 4.78 is 10.8. The molecule has 1 aliphatic heterocycles. The fraction of sp³-hybridized carbons (Fsp3) is 0.556. The zero-order valence-corrected chi connectivity index (χ0v) is 14.5. The molecule has 1 atom stereocenters. The highest BCUT2D eigenvalue weighted by Crippen LogP contribution is 2.36. The topological polar surface area (TPSA) is 67.7 Å². The molecule has 6 heteroatoms. The number of fused-ring (bicyclic) bond motifs is 1. The van der Waals surface area contributed by atoms with Gasteiger partial charge in [0.25, 0.3) is 0 Å². The standard InChI is InChI=1S/C18H25N3O3/c1-12(10-22)13-4-6-21(7-5-13)18-14-8-16(23-2)17(24-3)9-15(14)19-11-20-18/h8-9,11-13,22H,4-7,10H2,1-3H3. The van der Waals surface area contributed by atoms with E-state index in [2.05, 4.69) is 21.8 Å². The van der Waals surface area contributed by atoms with Crippen LogP contribution in [0.1, 0.15) is 19.8 Å². The first-order valence-corrected chi connectivity index (χ1v) is 8.40. The van der Waals surface area contributed by atoms with Gasteiger partial charge in [-0.1, -0.05) is 6.92 Å². The summed E-state index contributed by atoms with van der Waals surface area (Å²) in [6.07, 6.45) is 3.74. The lowest BCUT2D eigenvalue weighted by atomic mass is 9.86. The number of piperidine rings is 1. The first kappa shape index (κ1) is 16.8. The molecular weight excluding hydrogens is 306 g/mol. The number of benzene rings is 1. The molecule has 1 aliphatic rings. The quantitative estimate of drug-likeness (QED) is 0.908. The van der Waals surface area contributed by atoms with Gasteiger partial charge in [-0.15, -0.1) is 0 Å².